The van der Waals surface area contributed by atoms with Gasteiger partial charge in [-0.25, -0.2) is 0 Å². The SMILES string of the molecule is CO[C@]1(c2ccoc2)C[C@H]2OC23C2CC[C@@H]4C[C@@H](OCCN5CCCC5)CC[C@]4(C)C2CC[C@@]31C. The molecule has 6 fully saturated rings. The Kier molecular flexibility index (Phi) is 5.35. The van der Waals surface area contributed by atoms with E-state index in [1.165, 1.54) is 76.4 Å². The van der Waals surface area contributed by atoms with E-state index in [1.807, 2.05) is 13.4 Å². The first-order chi connectivity index (χ1) is 17.0. The second-order valence-electron chi connectivity index (χ2n) is 13.3. The highest BCUT2D eigenvalue weighted by Crippen LogP contribution is 2.79. The minimum atomic E-state index is -0.285. The summed E-state index contributed by atoms with van der Waals surface area (Å²) in [5.41, 5.74) is 1.34. The van der Waals surface area contributed by atoms with Crippen molar-refractivity contribution < 1.29 is 18.6 Å². The Balaban J connectivity index is 1.08. The van der Waals surface area contributed by atoms with Crippen LogP contribution < -0.4 is 0 Å². The van der Waals surface area contributed by atoms with Gasteiger partial charge in [-0.2, -0.15) is 0 Å². The van der Waals surface area contributed by atoms with Crippen molar-refractivity contribution in [3.05, 3.63) is 24.2 Å². The average Bonchev–Trinajstić information content (AvgIpc) is 3.28. The van der Waals surface area contributed by atoms with E-state index in [4.69, 9.17) is 18.6 Å². The summed E-state index contributed by atoms with van der Waals surface area (Å²) in [6.07, 6.45) is 17.2. The van der Waals surface area contributed by atoms with Crippen LogP contribution in [0.5, 0.6) is 0 Å². The highest BCUT2D eigenvalue weighted by atomic mass is 16.6. The molecule has 3 unspecified atom stereocenters. The first-order valence-corrected chi connectivity index (χ1v) is 14.6. The molecule has 5 heteroatoms. The summed E-state index contributed by atoms with van der Waals surface area (Å²) in [5.74, 6) is 2.22. The molecule has 7 rings (SSSR count). The summed E-state index contributed by atoms with van der Waals surface area (Å²) in [6, 6.07) is 2.13. The third kappa shape index (κ3) is 3.02. The quantitative estimate of drug-likeness (QED) is 0.480. The molecule has 2 saturated heterocycles. The van der Waals surface area contributed by atoms with Crippen LogP contribution in [-0.2, 0) is 19.8 Å². The molecular formula is C30H45NO4. The van der Waals surface area contributed by atoms with Crippen LogP contribution in [0.2, 0.25) is 0 Å². The molecule has 4 saturated carbocycles. The standard InChI is InChI=1S/C30H45NO4/c1-27-11-8-23(34-17-15-31-13-4-5-14-31)18-21(27)6-7-25-24(27)9-12-28(2)29(32-3,22-10-16-33-20-22)19-26-30(25,28)35-26/h10,16,20-21,23-26H,4-9,11-15,17-19H2,1-3H3/t21-,23+,24?,25?,26-,27+,28-,29+,30?/m1/s1. The Hall–Kier alpha value is -0.880. The molecule has 6 aliphatic rings. The van der Waals surface area contributed by atoms with Crippen LogP contribution in [-0.4, -0.2) is 56.1 Å². The second kappa shape index (κ2) is 8.06. The summed E-state index contributed by atoms with van der Waals surface area (Å²) in [4.78, 5) is 2.58. The van der Waals surface area contributed by atoms with Gasteiger partial charge in [0.25, 0.3) is 0 Å². The lowest BCUT2D eigenvalue weighted by atomic mass is 9.43. The minimum absolute atomic E-state index is 0.00351. The number of hydrogen-bond acceptors (Lipinski definition) is 5. The van der Waals surface area contributed by atoms with Crippen molar-refractivity contribution in [1.82, 2.24) is 4.90 Å². The zero-order valence-electron chi connectivity index (χ0n) is 22.1. The Morgan fingerprint density at radius 1 is 1.06 bits per heavy atom. The molecule has 194 valence electrons. The van der Waals surface area contributed by atoms with Gasteiger partial charge in [-0.05, 0) is 100 Å². The maximum absolute atomic E-state index is 6.78. The van der Waals surface area contributed by atoms with E-state index >= 15 is 0 Å². The van der Waals surface area contributed by atoms with Crippen LogP contribution in [0, 0.1) is 28.6 Å². The van der Waals surface area contributed by atoms with Gasteiger partial charge in [0.05, 0.1) is 31.3 Å². The zero-order chi connectivity index (χ0) is 23.9. The zero-order valence-corrected chi connectivity index (χ0v) is 22.1. The average molecular weight is 484 g/mol. The Labute approximate surface area is 211 Å². The lowest BCUT2D eigenvalue weighted by Gasteiger charge is -2.62. The predicted molar refractivity (Wildman–Crippen MR) is 134 cm³/mol. The maximum Gasteiger partial charge on any atom is 0.107 e. The van der Waals surface area contributed by atoms with Gasteiger partial charge >= 0.3 is 0 Å². The lowest BCUT2D eigenvalue weighted by molar-refractivity contribution is -0.205. The lowest BCUT2D eigenvalue weighted by Crippen LogP contribution is -2.61. The van der Waals surface area contributed by atoms with Crippen molar-refractivity contribution in [2.24, 2.45) is 28.6 Å². The summed E-state index contributed by atoms with van der Waals surface area (Å²) in [6.45, 7) is 9.70. The van der Waals surface area contributed by atoms with E-state index in [2.05, 4.69) is 24.8 Å². The molecule has 4 aliphatic carbocycles. The number of furan rings is 1. The smallest absolute Gasteiger partial charge is 0.107 e. The molecule has 9 atom stereocenters. The Morgan fingerprint density at radius 3 is 2.69 bits per heavy atom. The first kappa shape index (κ1) is 23.3. The van der Waals surface area contributed by atoms with Crippen LogP contribution in [0.3, 0.4) is 0 Å². The molecule has 0 N–H and O–H groups in total. The van der Waals surface area contributed by atoms with Gasteiger partial charge in [0, 0.05) is 31.1 Å². The van der Waals surface area contributed by atoms with Gasteiger partial charge in [-0.3, -0.25) is 0 Å². The number of hydrogen-bond donors (Lipinski definition) is 0. The molecule has 1 aromatic rings. The molecule has 2 aliphatic heterocycles. The summed E-state index contributed by atoms with van der Waals surface area (Å²) in [5, 5.41) is 0. The molecule has 1 aromatic heterocycles. The van der Waals surface area contributed by atoms with E-state index in [-0.39, 0.29) is 16.6 Å². The van der Waals surface area contributed by atoms with Gasteiger partial charge < -0.3 is 23.5 Å². The van der Waals surface area contributed by atoms with E-state index in [0.717, 1.165) is 31.4 Å². The van der Waals surface area contributed by atoms with E-state index in [9.17, 15) is 0 Å². The number of ether oxygens (including phenoxy) is 3. The topological polar surface area (TPSA) is 47.4 Å². The third-order valence-electron chi connectivity index (χ3n) is 12.4. The Morgan fingerprint density at radius 2 is 1.91 bits per heavy atom. The molecular weight excluding hydrogens is 438 g/mol. The molecule has 0 bridgehead atoms. The molecule has 5 nitrogen and oxygen atoms in total. The number of nitrogens with zero attached hydrogens (tertiary/aromatic N) is 1. The van der Waals surface area contributed by atoms with Crippen molar-refractivity contribution in [2.45, 2.75) is 101 Å². The number of rotatable bonds is 6. The van der Waals surface area contributed by atoms with Gasteiger partial charge in [0.1, 0.15) is 11.2 Å². The van der Waals surface area contributed by atoms with Crippen LogP contribution in [0.15, 0.2) is 23.0 Å². The summed E-state index contributed by atoms with van der Waals surface area (Å²) in [7, 11) is 1.91. The minimum Gasteiger partial charge on any atom is -0.472 e. The molecule has 0 aromatic carbocycles. The monoisotopic (exact) mass is 483 g/mol. The molecule has 0 amide bonds. The van der Waals surface area contributed by atoms with E-state index in [0.29, 0.717) is 23.5 Å². The van der Waals surface area contributed by atoms with Crippen LogP contribution in [0.25, 0.3) is 0 Å². The molecule has 0 radical (unpaired) electrons. The van der Waals surface area contributed by atoms with Gasteiger partial charge in [0.2, 0.25) is 0 Å². The van der Waals surface area contributed by atoms with Crippen LogP contribution in [0.4, 0.5) is 0 Å². The number of fused-ring (bicyclic) bond motifs is 3. The maximum atomic E-state index is 6.78. The fraction of sp³-hybridized carbons (Fsp3) is 0.867. The van der Waals surface area contributed by atoms with Gasteiger partial charge in [-0.1, -0.05) is 13.8 Å². The normalized spacial score (nSPS) is 50.9. The fourth-order valence-corrected chi connectivity index (χ4v) is 10.5. The Bertz CT molecular complexity index is 929. The number of methoxy groups -OCH3 is 1. The molecule has 3 heterocycles. The predicted octanol–water partition coefficient (Wildman–Crippen LogP) is 5.78. The number of epoxide rings is 1. The third-order valence-corrected chi connectivity index (χ3v) is 12.4. The van der Waals surface area contributed by atoms with E-state index in [1.54, 1.807) is 6.26 Å². The highest BCUT2D eigenvalue weighted by Gasteiger charge is 2.85. The number of likely N-dealkylation sites (tertiary alicyclic amines) is 1. The molecule has 1 spiro atoms. The van der Waals surface area contributed by atoms with Crippen molar-refractivity contribution in [2.75, 3.05) is 33.4 Å². The second-order valence-corrected chi connectivity index (χ2v) is 13.3. The van der Waals surface area contributed by atoms with Crippen molar-refractivity contribution >= 4 is 0 Å². The summed E-state index contributed by atoms with van der Waals surface area (Å²) >= 11 is 0. The van der Waals surface area contributed by atoms with Gasteiger partial charge in [-0.15, -0.1) is 0 Å². The van der Waals surface area contributed by atoms with Crippen molar-refractivity contribution in [1.29, 1.82) is 0 Å². The van der Waals surface area contributed by atoms with Crippen molar-refractivity contribution in [3.8, 4) is 0 Å². The van der Waals surface area contributed by atoms with Crippen molar-refractivity contribution in [3.63, 3.8) is 0 Å². The van der Waals surface area contributed by atoms with E-state index < -0.39 is 0 Å². The van der Waals surface area contributed by atoms with Crippen LogP contribution >= 0.6 is 0 Å². The molecule has 35 heavy (non-hydrogen) atoms. The van der Waals surface area contributed by atoms with Gasteiger partial charge in [0.15, 0.2) is 0 Å². The first-order valence-electron chi connectivity index (χ1n) is 14.6. The largest absolute Gasteiger partial charge is 0.472 e. The highest BCUT2D eigenvalue weighted by molar-refractivity contribution is 5.38. The van der Waals surface area contributed by atoms with Crippen LogP contribution in [0.1, 0.15) is 83.6 Å². The summed E-state index contributed by atoms with van der Waals surface area (Å²) < 4.78 is 25.3. The fourth-order valence-electron chi connectivity index (χ4n) is 10.5.